The van der Waals surface area contributed by atoms with Gasteiger partial charge in [0.1, 0.15) is 0 Å². The first-order valence-corrected chi connectivity index (χ1v) is 12.4. The fourth-order valence-electron chi connectivity index (χ4n) is 8.84. The number of anilines is 1. The van der Waals surface area contributed by atoms with Gasteiger partial charge in [-0.05, 0) is 125 Å². The van der Waals surface area contributed by atoms with Crippen molar-refractivity contribution in [1.29, 1.82) is 0 Å². The molecule has 2 N–H and O–H groups in total. The summed E-state index contributed by atoms with van der Waals surface area (Å²) < 4.78 is 0. The molecule has 4 saturated carbocycles. The van der Waals surface area contributed by atoms with E-state index < -0.39 is 5.60 Å². The molecule has 0 aliphatic heterocycles. The lowest BCUT2D eigenvalue weighted by atomic mass is 9.49. The number of fused-ring (bicyclic) bond motifs is 5. The topological polar surface area (TPSA) is 32.3 Å². The van der Waals surface area contributed by atoms with Gasteiger partial charge < -0.3 is 10.4 Å². The van der Waals surface area contributed by atoms with Crippen molar-refractivity contribution in [3.63, 3.8) is 0 Å². The number of rotatable bonds is 3. The molecule has 0 saturated heterocycles. The van der Waals surface area contributed by atoms with Gasteiger partial charge in [0.2, 0.25) is 0 Å². The SMILES string of the molecule is C[C@H](Nc1ccccc1)C1CC[C@H]2[C@@H]3CC[C@@H]4C[C@](C)(O)CC[C@@H]4[C@H]3CC[C@]12C. The van der Waals surface area contributed by atoms with Gasteiger partial charge in [0.05, 0.1) is 5.60 Å². The molecule has 9 atom stereocenters. The minimum Gasteiger partial charge on any atom is -0.390 e. The Morgan fingerprint density at radius 2 is 1.66 bits per heavy atom. The first-order chi connectivity index (χ1) is 13.9. The van der Waals surface area contributed by atoms with Gasteiger partial charge in [-0.1, -0.05) is 25.1 Å². The number of aliphatic hydroxyl groups is 1. The monoisotopic (exact) mass is 395 g/mol. The van der Waals surface area contributed by atoms with Crippen LogP contribution in [-0.4, -0.2) is 16.7 Å². The van der Waals surface area contributed by atoms with Crippen molar-refractivity contribution < 1.29 is 5.11 Å². The van der Waals surface area contributed by atoms with Crippen LogP contribution in [0.3, 0.4) is 0 Å². The maximum absolute atomic E-state index is 10.6. The Hall–Kier alpha value is -1.02. The van der Waals surface area contributed by atoms with E-state index in [0.29, 0.717) is 11.5 Å². The maximum Gasteiger partial charge on any atom is 0.0622 e. The number of para-hydroxylation sites is 1. The molecule has 4 aliphatic carbocycles. The second kappa shape index (κ2) is 7.29. The Morgan fingerprint density at radius 1 is 0.897 bits per heavy atom. The average molecular weight is 396 g/mol. The van der Waals surface area contributed by atoms with Gasteiger partial charge in [-0.25, -0.2) is 0 Å². The van der Waals surface area contributed by atoms with Crippen molar-refractivity contribution in [1.82, 2.24) is 0 Å². The van der Waals surface area contributed by atoms with Gasteiger partial charge in [-0.3, -0.25) is 0 Å². The second-order valence-corrected chi connectivity index (χ2v) is 11.7. The van der Waals surface area contributed by atoms with Gasteiger partial charge in [0.15, 0.2) is 0 Å². The Balaban J connectivity index is 1.31. The predicted octanol–water partition coefficient (Wildman–Crippen LogP) is 6.51. The molecule has 2 heteroatoms. The molecule has 2 nitrogen and oxygen atoms in total. The van der Waals surface area contributed by atoms with Crippen LogP contribution in [0.4, 0.5) is 5.69 Å². The molecule has 0 amide bonds. The molecular formula is C27H41NO. The van der Waals surface area contributed by atoms with Crippen LogP contribution in [-0.2, 0) is 0 Å². The highest BCUT2D eigenvalue weighted by molar-refractivity contribution is 5.43. The summed E-state index contributed by atoms with van der Waals surface area (Å²) in [5.74, 6) is 5.30. The van der Waals surface area contributed by atoms with Crippen LogP contribution in [0.5, 0.6) is 0 Å². The zero-order valence-electron chi connectivity index (χ0n) is 18.7. The molecule has 0 aromatic heterocycles. The summed E-state index contributed by atoms with van der Waals surface area (Å²) in [7, 11) is 0. The Kier molecular flexibility index (Phi) is 5.01. The molecule has 4 fully saturated rings. The van der Waals surface area contributed by atoms with Crippen LogP contribution in [0.15, 0.2) is 30.3 Å². The number of benzene rings is 1. The molecular weight excluding hydrogens is 354 g/mol. The quantitative estimate of drug-likeness (QED) is 0.611. The van der Waals surface area contributed by atoms with E-state index in [9.17, 15) is 5.11 Å². The van der Waals surface area contributed by atoms with Crippen molar-refractivity contribution in [2.75, 3.05) is 5.32 Å². The van der Waals surface area contributed by atoms with E-state index in [1.165, 1.54) is 50.6 Å². The molecule has 1 aromatic rings. The van der Waals surface area contributed by atoms with Crippen LogP contribution in [0.2, 0.25) is 0 Å². The number of hydrogen-bond donors (Lipinski definition) is 2. The Morgan fingerprint density at radius 3 is 2.45 bits per heavy atom. The summed E-state index contributed by atoms with van der Waals surface area (Å²) in [6.45, 7) is 7.15. The van der Waals surface area contributed by atoms with E-state index in [1.54, 1.807) is 0 Å². The summed E-state index contributed by atoms with van der Waals surface area (Å²) in [6, 6.07) is 11.3. The highest BCUT2D eigenvalue weighted by Crippen LogP contribution is 2.65. The Labute approximate surface area is 177 Å². The van der Waals surface area contributed by atoms with Crippen molar-refractivity contribution in [3.8, 4) is 0 Å². The third kappa shape index (κ3) is 3.44. The number of nitrogens with one attached hydrogen (secondary N) is 1. The molecule has 1 unspecified atom stereocenters. The summed E-state index contributed by atoms with van der Waals surface area (Å²) >= 11 is 0. The fraction of sp³-hybridized carbons (Fsp3) is 0.778. The third-order valence-electron chi connectivity index (χ3n) is 10.1. The summed E-state index contributed by atoms with van der Waals surface area (Å²) in [5, 5.41) is 14.5. The van der Waals surface area contributed by atoms with Crippen molar-refractivity contribution in [2.24, 2.45) is 40.9 Å². The summed E-state index contributed by atoms with van der Waals surface area (Å²) in [5.41, 5.74) is 1.39. The van der Waals surface area contributed by atoms with Gasteiger partial charge in [0.25, 0.3) is 0 Å². The second-order valence-electron chi connectivity index (χ2n) is 11.7. The van der Waals surface area contributed by atoms with Crippen LogP contribution in [0, 0.1) is 40.9 Å². The highest BCUT2D eigenvalue weighted by atomic mass is 16.3. The highest BCUT2D eigenvalue weighted by Gasteiger charge is 2.58. The molecule has 160 valence electrons. The normalized spacial score (nSPS) is 47.6. The van der Waals surface area contributed by atoms with Crippen LogP contribution in [0.1, 0.15) is 78.6 Å². The number of hydrogen-bond acceptors (Lipinski definition) is 2. The summed E-state index contributed by atoms with van der Waals surface area (Å²) in [4.78, 5) is 0. The van der Waals surface area contributed by atoms with E-state index in [2.05, 4.69) is 56.4 Å². The molecule has 0 radical (unpaired) electrons. The Bertz CT molecular complexity index is 715. The van der Waals surface area contributed by atoms with E-state index in [4.69, 9.17) is 0 Å². The van der Waals surface area contributed by atoms with E-state index in [0.717, 1.165) is 48.3 Å². The molecule has 29 heavy (non-hydrogen) atoms. The molecule has 1 aromatic carbocycles. The standard InChI is InChI=1S/C27H41NO/c1-18(28-20-7-5-4-6-8-20)24-11-12-25-23-10-9-19-17-26(2,29)15-13-21(19)22(23)14-16-27(24,25)3/h4-8,18-19,21-25,28-29H,9-17H2,1-3H3/t18-,19+,21-,22+,23+,24?,25-,26+,27+/m0/s1. The lowest BCUT2D eigenvalue weighted by Gasteiger charge is -2.57. The van der Waals surface area contributed by atoms with Crippen molar-refractivity contribution >= 4 is 5.69 Å². The minimum absolute atomic E-state index is 0.395. The van der Waals surface area contributed by atoms with Gasteiger partial charge >= 0.3 is 0 Å². The first-order valence-electron chi connectivity index (χ1n) is 12.4. The maximum atomic E-state index is 10.6. The minimum atomic E-state index is -0.395. The molecule has 0 bridgehead atoms. The molecule has 4 aliphatic rings. The van der Waals surface area contributed by atoms with E-state index in [1.807, 2.05) is 0 Å². The lowest BCUT2D eigenvalue weighted by Crippen LogP contribution is -2.51. The smallest absolute Gasteiger partial charge is 0.0622 e. The molecule has 0 heterocycles. The van der Waals surface area contributed by atoms with Gasteiger partial charge in [-0.2, -0.15) is 0 Å². The van der Waals surface area contributed by atoms with E-state index >= 15 is 0 Å². The van der Waals surface area contributed by atoms with Crippen molar-refractivity contribution in [2.45, 2.75) is 90.2 Å². The zero-order valence-corrected chi connectivity index (χ0v) is 18.7. The predicted molar refractivity (Wildman–Crippen MR) is 121 cm³/mol. The fourth-order valence-corrected chi connectivity index (χ4v) is 8.84. The third-order valence-corrected chi connectivity index (χ3v) is 10.1. The van der Waals surface area contributed by atoms with Gasteiger partial charge in [-0.15, -0.1) is 0 Å². The molecule has 0 spiro atoms. The van der Waals surface area contributed by atoms with E-state index in [-0.39, 0.29) is 0 Å². The summed E-state index contributed by atoms with van der Waals surface area (Å²) in [6.07, 6.45) is 11.9. The first kappa shape index (κ1) is 19.9. The zero-order chi connectivity index (χ0) is 20.2. The largest absolute Gasteiger partial charge is 0.390 e. The van der Waals surface area contributed by atoms with Crippen LogP contribution >= 0.6 is 0 Å². The van der Waals surface area contributed by atoms with Crippen LogP contribution in [0.25, 0.3) is 0 Å². The van der Waals surface area contributed by atoms with Crippen molar-refractivity contribution in [3.05, 3.63) is 30.3 Å². The van der Waals surface area contributed by atoms with Gasteiger partial charge in [0, 0.05) is 11.7 Å². The van der Waals surface area contributed by atoms with Crippen LogP contribution < -0.4 is 5.32 Å². The molecule has 5 rings (SSSR count). The lowest BCUT2D eigenvalue weighted by molar-refractivity contribution is -0.100. The average Bonchev–Trinajstić information content (AvgIpc) is 3.05.